The number of anilines is 1. The van der Waals surface area contributed by atoms with E-state index in [1.54, 1.807) is 43.5 Å². The molecule has 0 radical (unpaired) electrons. The predicted molar refractivity (Wildman–Crippen MR) is 131 cm³/mol. The highest BCUT2D eigenvalue weighted by Gasteiger charge is 2.26. The van der Waals surface area contributed by atoms with Gasteiger partial charge in [0, 0.05) is 24.6 Å². The van der Waals surface area contributed by atoms with Crippen molar-refractivity contribution in [3.63, 3.8) is 0 Å². The van der Waals surface area contributed by atoms with Crippen molar-refractivity contribution in [3.8, 4) is 5.75 Å². The highest BCUT2D eigenvalue weighted by molar-refractivity contribution is 7.92. The molecule has 1 saturated heterocycles. The Morgan fingerprint density at radius 2 is 1.82 bits per heavy atom. The lowest BCUT2D eigenvalue weighted by molar-refractivity contribution is 0.0944. The summed E-state index contributed by atoms with van der Waals surface area (Å²) in [7, 11) is -2.41. The van der Waals surface area contributed by atoms with Crippen LogP contribution in [0, 0.1) is 5.92 Å². The van der Waals surface area contributed by atoms with Crippen LogP contribution in [0.5, 0.6) is 5.75 Å². The number of nitrogens with one attached hydrogen (secondary N) is 1. The minimum atomic E-state index is -3.97. The van der Waals surface area contributed by atoms with Crippen molar-refractivity contribution >= 4 is 21.6 Å². The summed E-state index contributed by atoms with van der Waals surface area (Å²) in [4.78, 5) is 12.8. The van der Waals surface area contributed by atoms with Gasteiger partial charge in [-0.3, -0.25) is 9.10 Å². The summed E-state index contributed by atoms with van der Waals surface area (Å²) in [6.45, 7) is 1.98. The molecule has 4 rings (SSSR count). The highest BCUT2D eigenvalue weighted by Crippen LogP contribution is 2.28. The molecule has 3 aromatic carbocycles. The van der Waals surface area contributed by atoms with Gasteiger partial charge in [-0.25, -0.2) is 8.42 Å². The molecule has 7 nitrogen and oxygen atoms in total. The van der Waals surface area contributed by atoms with Gasteiger partial charge < -0.3 is 14.8 Å². The monoisotopic (exact) mass is 480 g/mol. The number of sulfonamides is 1. The van der Waals surface area contributed by atoms with Crippen molar-refractivity contribution in [2.24, 2.45) is 5.92 Å². The van der Waals surface area contributed by atoms with E-state index in [-0.39, 0.29) is 23.3 Å². The Balaban J connectivity index is 1.62. The Morgan fingerprint density at radius 3 is 2.50 bits per heavy atom. The van der Waals surface area contributed by atoms with Crippen molar-refractivity contribution in [1.29, 1.82) is 0 Å². The average Bonchev–Trinajstić information content (AvgIpc) is 3.40. The molecule has 0 aromatic heterocycles. The quantitative estimate of drug-likeness (QED) is 0.503. The minimum Gasteiger partial charge on any atom is -0.497 e. The molecule has 0 bridgehead atoms. The first-order valence-corrected chi connectivity index (χ1v) is 12.6. The molecule has 0 spiro atoms. The summed E-state index contributed by atoms with van der Waals surface area (Å²) in [6.07, 6.45) is 0.908. The second-order valence-corrected chi connectivity index (χ2v) is 10.0. The molecule has 0 aliphatic carbocycles. The van der Waals surface area contributed by atoms with Gasteiger partial charge in [-0.05, 0) is 54.4 Å². The fourth-order valence-corrected chi connectivity index (χ4v) is 5.32. The first-order chi connectivity index (χ1) is 16.5. The smallest absolute Gasteiger partial charge is 0.264 e. The van der Waals surface area contributed by atoms with Gasteiger partial charge in [0.15, 0.2) is 0 Å². The zero-order valence-electron chi connectivity index (χ0n) is 19.0. The van der Waals surface area contributed by atoms with E-state index in [0.29, 0.717) is 36.8 Å². The number of nitrogens with zero attached hydrogens (tertiary/aromatic N) is 1. The number of amides is 1. The molecule has 1 fully saturated rings. The molecule has 8 heteroatoms. The van der Waals surface area contributed by atoms with Gasteiger partial charge in [0.1, 0.15) is 5.75 Å². The predicted octanol–water partition coefficient (Wildman–Crippen LogP) is 3.86. The standard InChI is InChI=1S/C26H28N2O5S/c1-32-24-12-10-23(11-13-24)28(18-20-6-3-2-4-7-20)34(30,31)25-9-5-8-22(16-25)26(29)27-17-21-14-15-33-19-21/h2-13,16,21H,14-15,17-19H2,1H3,(H,27,29). The van der Waals surface area contributed by atoms with Gasteiger partial charge in [-0.1, -0.05) is 36.4 Å². The van der Waals surface area contributed by atoms with Gasteiger partial charge in [0.25, 0.3) is 15.9 Å². The third kappa shape index (κ3) is 5.58. The van der Waals surface area contributed by atoms with Crippen LogP contribution in [0.3, 0.4) is 0 Å². The molecule has 1 unspecified atom stereocenters. The number of methoxy groups -OCH3 is 1. The number of rotatable bonds is 9. The molecule has 1 aliphatic heterocycles. The Hall–Kier alpha value is -3.36. The maximum Gasteiger partial charge on any atom is 0.264 e. The lowest BCUT2D eigenvalue weighted by atomic mass is 10.1. The molecule has 178 valence electrons. The van der Waals surface area contributed by atoms with E-state index in [0.717, 1.165) is 12.0 Å². The Labute approximate surface area is 200 Å². The van der Waals surface area contributed by atoms with Gasteiger partial charge in [0.05, 0.1) is 30.8 Å². The third-order valence-corrected chi connectivity index (χ3v) is 7.56. The molecular formula is C26H28N2O5S. The Morgan fingerprint density at radius 1 is 1.06 bits per heavy atom. The summed E-state index contributed by atoms with van der Waals surface area (Å²) in [6, 6.07) is 22.4. The number of carbonyl (C=O) groups is 1. The maximum absolute atomic E-state index is 13.8. The molecule has 0 saturated carbocycles. The van der Waals surface area contributed by atoms with Crippen LogP contribution >= 0.6 is 0 Å². The van der Waals surface area contributed by atoms with E-state index < -0.39 is 10.0 Å². The van der Waals surface area contributed by atoms with Crippen LogP contribution < -0.4 is 14.4 Å². The lowest BCUT2D eigenvalue weighted by Gasteiger charge is -2.25. The van der Waals surface area contributed by atoms with Crippen LogP contribution in [0.15, 0.2) is 83.8 Å². The third-order valence-electron chi connectivity index (χ3n) is 5.79. The molecule has 1 aliphatic rings. The van der Waals surface area contributed by atoms with Gasteiger partial charge in [-0.2, -0.15) is 0 Å². The van der Waals surface area contributed by atoms with Crippen molar-refractivity contribution in [2.75, 3.05) is 31.2 Å². The Kier molecular flexibility index (Phi) is 7.49. The first kappa shape index (κ1) is 23.8. The summed E-state index contributed by atoms with van der Waals surface area (Å²) in [5.74, 6) is 0.613. The second-order valence-electron chi connectivity index (χ2n) is 8.16. The number of carbonyl (C=O) groups excluding carboxylic acids is 1. The normalized spacial score (nSPS) is 15.6. The van der Waals surface area contributed by atoms with Crippen LogP contribution in [-0.2, 0) is 21.3 Å². The van der Waals surface area contributed by atoms with E-state index in [1.165, 1.54) is 16.4 Å². The number of benzene rings is 3. The molecule has 1 heterocycles. The fourth-order valence-electron chi connectivity index (χ4n) is 3.82. The van der Waals surface area contributed by atoms with Crippen LogP contribution in [0.2, 0.25) is 0 Å². The summed E-state index contributed by atoms with van der Waals surface area (Å²) in [5, 5.41) is 2.89. The van der Waals surface area contributed by atoms with Gasteiger partial charge in [-0.15, -0.1) is 0 Å². The number of hydrogen-bond donors (Lipinski definition) is 1. The molecule has 3 aromatic rings. The molecule has 1 N–H and O–H groups in total. The molecule has 34 heavy (non-hydrogen) atoms. The van der Waals surface area contributed by atoms with Crippen LogP contribution in [0.1, 0.15) is 22.3 Å². The average molecular weight is 481 g/mol. The zero-order chi connectivity index (χ0) is 24.0. The zero-order valence-corrected chi connectivity index (χ0v) is 19.8. The molecule has 1 atom stereocenters. The minimum absolute atomic E-state index is 0.0519. The molecule has 1 amide bonds. The first-order valence-electron chi connectivity index (χ1n) is 11.1. The topological polar surface area (TPSA) is 84.9 Å². The van der Waals surface area contributed by atoms with Crippen molar-refractivity contribution in [1.82, 2.24) is 5.32 Å². The lowest BCUT2D eigenvalue weighted by Crippen LogP contribution is -2.32. The number of ether oxygens (including phenoxy) is 2. The summed E-state index contributed by atoms with van der Waals surface area (Å²) >= 11 is 0. The number of hydrogen-bond acceptors (Lipinski definition) is 5. The Bertz CT molecular complexity index is 1210. The van der Waals surface area contributed by atoms with Crippen molar-refractivity contribution in [3.05, 3.63) is 90.0 Å². The van der Waals surface area contributed by atoms with Gasteiger partial charge in [0.2, 0.25) is 0 Å². The highest BCUT2D eigenvalue weighted by atomic mass is 32.2. The van der Waals surface area contributed by atoms with Crippen LogP contribution in [0.25, 0.3) is 0 Å². The van der Waals surface area contributed by atoms with Gasteiger partial charge >= 0.3 is 0 Å². The van der Waals surface area contributed by atoms with Crippen LogP contribution in [-0.4, -0.2) is 41.2 Å². The maximum atomic E-state index is 13.8. The summed E-state index contributed by atoms with van der Waals surface area (Å²) < 4.78 is 39.5. The SMILES string of the molecule is COc1ccc(N(Cc2ccccc2)S(=O)(=O)c2cccc(C(=O)NCC3CCOC3)c2)cc1. The van der Waals surface area contributed by atoms with Crippen molar-refractivity contribution in [2.45, 2.75) is 17.9 Å². The fraction of sp³-hybridized carbons (Fsp3) is 0.269. The van der Waals surface area contributed by atoms with E-state index >= 15 is 0 Å². The largest absolute Gasteiger partial charge is 0.497 e. The van der Waals surface area contributed by atoms with Crippen molar-refractivity contribution < 1.29 is 22.7 Å². The summed E-state index contributed by atoms with van der Waals surface area (Å²) in [5.41, 5.74) is 1.64. The molecular weight excluding hydrogens is 452 g/mol. The van der Waals surface area contributed by atoms with E-state index in [9.17, 15) is 13.2 Å². The second kappa shape index (κ2) is 10.7. The van der Waals surface area contributed by atoms with Crippen LogP contribution in [0.4, 0.5) is 5.69 Å². The van der Waals surface area contributed by atoms with E-state index in [2.05, 4.69) is 5.32 Å². The van der Waals surface area contributed by atoms with E-state index in [1.807, 2.05) is 30.3 Å². The van der Waals surface area contributed by atoms with E-state index in [4.69, 9.17) is 9.47 Å².